The molecule has 29 heavy (non-hydrogen) atoms. The molecule has 0 spiro atoms. The highest BCUT2D eigenvalue weighted by atomic mass is 127. The molecular weight excluding hydrogens is 481 g/mol. The third-order valence-electron chi connectivity index (χ3n) is 5.47. The second kappa shape index (κ2) is 13.1. The van der Waals surface area contributed by atoms with Gasteiger partial charge in [0.15, 0.2) is 17.5 Å². The Hall–Kier alpha value is -1.26. The zero-order chi connectivity index (χ0) is 19.6. The quantitative estimate of drug-likeness (QED) is 0.227. The summed E-state index contributed by atoms with van der Waals surface area (Å²) < 4.78 is 10.8. The van der Waals surface area contributed by atoms with E-state index in [1.54, 1.807) is 0 Å². The van der Waals surface area contributed by atoms with E-state index in [9.17, 15) is 0 Å². The molecular formula is C21H36IN5O2. The van der Waals surface area contributed by atoms with Gasteiger partial charge >= 0.3 is 0 Å². The van der Waals surface area contributed by atoms with Crippen molar-refractivity contribution in [2.24, 2.45) is 4.99 Å². The SMILES string of the molecule is CCN1CCN(CCCCNC(=NC)NCCc2ccc3c(c2)OCO3)CC1.I. The lowest BCUT2D eigenvalue weighted by atomic mass is 10.1. The molecule has 1 aromatic rings. The second-order valence-electron chi connectivity index (χ2n) is 7.35. The molecule has 0 atom stereocenters. The Labute approximate surface area is 192 Å². The predicted molar refractivity (Wildman–Crippen MR) is 129 cm³/mol. The van der Waals surface area contributed by atoms with Crippen molar-refractivity contribution >= 4 is 29.9 Å². The van der Waals surface area contributed by atoms with Crippen LogP contribution in [0.5, 0.6) is 11.5 Å². The van der Waals surface area contributed by atoms with Crippen molar-refractivity contribution in [2.45, 2.75) is 26.2 Å². The maximum Gasteiger partial charge on any atom is 0.231 e. The molecule has 1 saturated heterocycles. The Kier molecular flexibility index (Phi) is 10.9. The number of nitrogens with zero attached hydrogens (tertiary/aromatic N) is 3. The van der Waals surface area contributed by atoms with Crippen molar-refractivity contribution in [3.05, 3.63) is 23.8 Å². The number of ether oxygens (including phenoxy) is 2. The van der Waals surface area contributed by atoms with Crippen molar-refractivity contribution in [3.8, 4) is 11.5 Å². The number of guanidine groups is 1. The van der Waals surface area contributed by atoms with Crippen LogP contribution in [0.2, 0.25) is 0 Å². The van der Waals surface area contributed by atoms with Crippen molar-refractivity contribution in [1.29, 1.82) is 0 Å². The summed E-state index contributed by atoms with van der Waals surface area (Å²) in [5.74, 6) is 2.55. The monoisotopic (exact) mass is 517 g/mol. The molecule has 1 aromatic carbocycles. The van der Waals surface area contributed by atoms with Crippen LogP contribution in [-0.4, -0.2) is 82.0 Å². The maximum absolute atomic E-state index is 5.43. The van der Waals surface area contributed by atoms with Gasteiger partial charge in [0.05, 0.1) is 0 Å². The van der Waals surface area contributed by atoms with E-state index in [4.69, 9.17) is 9.47 Å². The number of halogens is 1. The molecule has 0 amide bonds. The number of hydrogen-bond acceptors (Lipinski definition) is 5. The van der Waals surface area contributed by atoms with Crippen molar-refractivity contribution in [1.82, 2.24) is 20.4 Å². The number of fused-ring (bicyclic) bond motifs is 1. The van der Waals surface area contributed by atoms with Gasteiger partial charge in [0, 0.05) is 46.3 Å². The van der Waals surface area contributed by atoms with Crippen LogP contribution < -0.4 is 20.1 Å². The molecule has 164 valence electrons. The molecule has 3 rings (SSSR count). The highest BCUT2D eigenvalue weighted by molar-refractivity contribution is 14.0. The van der Waals surface area contributed by atoms with Gasteiger partial charge in [-0.15, -0.1) is 24.0 Å². The molecule has 0 radical (unpaired) electrons. The van der Waals surface area contributed by atoms with Gasteiger partial charge in [-0.2, -0.15) is 0 Å². The number of aliphatic imine (C=N–C) groups is 1. The third kappa shape index (κ3) is 7.82. The van der Waals surface area contributed by atoms with Crippen LogP contribution in [0.25, 0.3) is 0 Å². The van der Waals surface area contributed by atoms with E-state index in [0.29, 0.717) is 6.79 Å². The van der Waals surface area contributed by atoms with E-state index in [-0.39, 0.29) is 24.0 Å². The van der Waals surface area contributed by atoms with Gasteiger partial charge in [0.2, 0.25) is 6.79 Å². The van der Waals surface area contributed by atoms with Gasteiger partial charge in [-0.25, -0.2) is 0 Å². The zero-order valence-corrected chi connectivity index (χ0v) is 20.1. The minimum atomic E-state index is 0. The smallest absolute Gasteiger partial charge is 0.231 e. The first-order valence-corrected chi connectivity index (χ1v) is 10.6. The Morgan fingerprint density at radius 1 is 1.00 bits per heavy atom. The first-order chi connectivity index (χ1) is 13.8. The maximum atomic E-state index is 5.43. The summed E-state index contributed by atoms with van der Waals surface area (Å²) in [6, 6.07) is 6.12. The molecule has 8 heteroatoms. The fraction of sp³-hybridized carbons (Fsp3) is 0.667. The lowest BCUT2D eigenvalue weighted by molar-refractivity contribution is 0.136. The summed E-state index contributed by atoms with van der Waals surface area (Å²) in [6.07, 6.45) is 3.31. The second-order valence-corrected chi connectivity index (χ2v) is 7.35. The number of benzene rings is 1. The van der Waals surface area contributed by atoms with Crippen LogP contribution in [-0.2, 0) is 6.42 Å². The Morgan fingerprint density at radius 2 is 1.72 bits per heavy atom. The Morgan fingerprint density at radius 3 is 2.48 bits per heavy atom. The van der Waals surface area contributed by atoms with E-state index in [0.717, 1.165) is 43.4 Å². The first-order valence-electron chi connectivity index (χ1n) is 10.6. The van der Waals surface area contributed by atoms with Gasteiger partial charge in [0.25, 0.3) is 0 Å². The lowest BCUT2D eigenvalue weighted by Gasteiger charge is -2.34. The van der Waals surface area contributed by atoms with E-state index in [1.807, 2.05) is 13.1 Å². The summed E-state index contributed by atoms with van der Waals surface area (Å²) in [7, 11) is 1.82. The Bertz CT molecular complexity index is 635. The molecule has 2 aliphatic heterocycles. The van der Waals surface area contributed by atoms with Crippen molar-refractivity contribution < 1.29 is 9.47 Å². The van der Waals surface area contributed by atoms with Crippen molar-refractivity contribution in [2.75, 3.05) is 66.2 Å². The molecule has 2 N–H and O–H groups in total. The van der Waals surface area contributed by atoms with Crippen LogP contribution in [0, 0.1) is 0 Å². The van der Waals surface area contributed by atoms with Crippen LogP contribution in [0.4, 0.5) is 0 Å². The average Bonchev–Trinajstić information content (AvgIpc) is 3.20. The number of nitrogens with one attached hydrogen (secondary N) is 2. The molecule has 2 heterocycles. The van der Waals surface area contributed by atoms with E-state index in [2.05, 4.69) is 44.5 Å². The zero-order valence-electron chi connectivity index (χ0n) is 17.8. The Balaban J connectivity index is 0.00000300. The lowest BCUT2D eigenvalue weighted by Crippen LogP contribution is -2.46. The van der Waals surface area contributed by atoms with Gasteiger partial charge in [-0.1, -0.05) is 13.0 Å². The molecule has 2 aliphatic rings. The summed E-state index contributed by atoms with van der Waals surface area (Å²) in [4.78, 5) is 9.43. The van der Waals surface area contributed by atoms with Crippen LogP contribution in [0.1, 0.15) is 25.3 Å². The van der Waals surface area contributed by atoms with Gasteiger partial charge in [-0.3, -0.25) is 4.99 Å². The van der Waals surface area contributed by atoms with Gasteiger partial charge < -0.3 is 29.9 Å². The normalized spacial score (nSPS) is 17.1. The largest absolute Gasteiger partial charge is 0.454 e. The van der Waals surface area contributed by atoms with Gasteiger partial charge in [0.1, 0.15) is 0 Å². The first kappa shape index (κ1) is 24.0. The number of hydrogen-bond donors (Lipinski definition) is 2. The van der Waals surface area contributed by atoms with Crippen LogP contribution in [0.3, 0.4) is 0 Å². The van der Waals surface area contributed by atoms with Crippen LogP contribution in [0.15, 0.2) is 23.2 Å². The average molecular weight is 517 g/mol. The molecule has 0 aliphatic carbocycles. The number of unbranched alkanes of at least 4 members (excludes halogenated alkanes) is 1. The third-order valence-corrected chi connectivity index (χ3v) is 5.47. The molecule has 7 nitrogen and oxygen atoms in total. The topological polar surface area (TPSA) is 61.4 Å². The van der Waals surface area contributed by atoms with E-state index >= 15 is 0 Å². The summed E-state index contributed by atoms with van der Waals surface area (Å²) >= 11 is 0. The standard InChI is InChI=1S/C21H35N5O2.HI/c1-3-25-12-14-26(15-13-25)11-5-4-9-23-21(22-2)24-10-8-18-6-7-19-20(16-18)28-17-27-19;/h6-7,16H,3-5,8-15,17H2,1-2H3,(H2,22,23,24);1H. The fourth-order valence-electron chi connectivity index (χ4n) is 3.64. The molecule has 1 fully saturated rings. The predicted octanol–water partition coefficient (Wildman–Crippen LogP) is 2.16. The van der Waals surface area contributed by atoms with Gasteiger partial charge in [-0.05, 0) is 50.0 Å². The highest BCUT2D eigenvalue weighted by Gasteiger charge is 2.15. The molecule has 0 bridgehead atoms. The van der Waals surface area contributed by atoms with E-state index < -0.39 is 0 Å². The van der Waals surface area contributed by atoms with Crippen LogP contribution >= 0.6 is 24.0 Å². The van der Waals surface area contributed by atoms with E-state index in [1.165, 1.54) is 51.3 Å². The summed E-state index contributed by atoms with van der Waals surface area (Å²) in [5.41, 5.74) is 1.23. The molecule has 0 saturated carbocycles. The molecule has 0 unspecified atom stereocenters. The minimum absolute atomic E-state index is 0. The highest BCUT2D eigenvalue weighted by Crippen LogP contribution is 2.32. The number of piperazine rings is 1. The van der Waals surface area contributed by atoms with Crippen molar-refractivity contribution in [3.63, 3.8) is 0 Å². The number of rotatable bonds is 9. The number of likely N-dealkylation sites (N-methyl/N-ethyl adjacent to an activating group) is 1. The summed E-state index contributed by atoms with van der Waals surface area (Å²) in [5, 5.41) is 6.81. The summed E-state index contributed by atoms with van der Waals surface area (Å²) in [6.45, 7) is 11.6. The minimum Gasteiger partial charge on any atom is -0.454 e. The fourth-order valence-corrected chi connectivity index (χ4v) is 3.64. The molecule has 0 aromatic heterocycles.